The highest BCUT2D eigenvalue weighted by Crippen LogP contribution is 2.25. The first kappa shape index (κ1) is 18.9. The smallest absolute Gasteiger partial charge is 0.255 e. The van der Waals surface area contributed by atoms with Crippen LogP contribution in [0.5, 0.6) is 5.75 Å². The van der Waals surface area contributed by atoms with Crippen LogP contribution in [-0.2, 0) is 19.4 Å². The first-order chi connectivity index (χ1) is 12.5. The molecule has 0 saturated carbocycles. The molecule has 0 atom stereocenters. The standard InChI is InChI=1S/C19H25BrN4O2/c1-13(2)26-16-12-14(20)7-8-15(16)19(25)21-10-9-18-23-22-17-6-4-3-5-11-24(17)18/h7-8,12-13H,3-6,9-11H2,1-2H3,(H,21,25). The van der Waals surface area contributed by atoms with Crippen LogP contribution in [0.1, 0.15) is 55.1 Å². The summed E-state index contributed by atoms with van der Waals surface area (Å²) >= 11 is 3.43. The second-order valence-electron chi connectivity index (χ2n) is 6.81. The number of hydrogen-bond donors (Lipinski definition) is 1. The van der Waals surface area contributed by atoms with Crippen LogP contribution in [0.4, 0.5) is 0 Å². The van der Waals surface area contributed by atoms with E-state index in [1.165, 1.54) is 19.3 Å². The number of fused-ring (bicyclic) bond motifs is 1. The molecule has 0 fully saturated rings. The van der Waals surface area contributed by atoms with Crippen molar-refractivity contribution in [3.63, 3.8) is 0 Å². The van der Waals surface area contributed by atoms with Gasteiger partial charge in [0.1, 0.15) is 17.4 Å². The molecule has 1 aliphatic rings. The second-order valence-corrected chi connectivity index (χ2v) is 7.72. The summed E-state index contributed by atoms with van der Waals surface area (Å²) in [4.78, 5) is 12.6. The Morgan fingerprint density at radius 1 is 1.31 bits per heavy atom. The molecule has 6 nitrogen and oxygen atoms in total. The van der Waals surface area contributed by atoms with Gasteiger partial charge in [-0.05, 0) is 44.9 Å². The van der Waals surface area contributed by atoms with Gasteiger partial charge in [-0.3, -0.25) is 4.79 Å². The maximum atomic E-state index is 12.6. The van der Waals surface area contributed by atoms with E-state index in [0.29, 0.717) is 24.3 Å². The van der Waals surface area contributed by atoms with E-state index in [1.54, 1.807) is 6.07 Å². The lowest BCUT2D eigenvalue weighted by Gasteiger charge is -2.14. The SMILES string of the molecule is CC(C)Oc1cc(Br)ccc1C(=O)NCCc1nnc2n1CCCCC2. The molecule has 1 N–H and O–H groups in total. The number of halogens is 1. The minimum atomic E-state index is -0.135. The molecule has 2 heterocycles. The predicted molar refractivity (Wildman–Crippen MR) is 104 cm³/mol. The fourth-order valence-electron chi connectivity index (χ4n) is 3.15. The van der Waals surface area contributed by atoms with E-state index in [0.717, 1.165) is 29.1 Å². The molecule has 0 unspecified atom stereocenters. The van der Waals surface area contributed by atoms with Crippen molar-refractivity contribution in [3.05, 3.63) is 39.9 Å². The highest BCUT2D eigenvalue weighted by atomic mass is 79.9. The summed E-state index contributed by atoms with van der Waals surface area (Å²) in [5, 5.41) is 11.6. The Balaban J connectivity index is 1.62. The Morgan fingerprint density at radius 2 is 2.15 bits per heavy atom. The zero-order valence-corrected chi connectivity index (χ0v) is 16.9. The van der Waals surface area contributed by atoms with E-state index in [9.17, 15) is 4.79 Å². The summed E-state index contributed by atoms with van der Waals surface area (Å²) in [7, 11) is 0. The molecule has 3 rings (SSSR count). The molecule has 1 aromatic heterocycles. The van der Waals surface area contributed by atoms with Crippen molar-refractivity contribution in [2.24, 2.45) is 0 Å². The van der Waals surface area contributed by atoms with Crippen LogP contribution in [0.2, 0.25) is 0 Å². The van der Waals surface area contributed by atoms with Crippen LogP contribution < -0.4 is 10.1 Å². The van der Waals surface area contributed by atoms with Gasteiger partial charge in [-0.2, -0.15) is 0 Å². The third kappa shape index (κ3) is 4.63. The Kier molecular flexibility index (Phi) is 6.29. The van der Waals surface area contributed by atoms with Crippen LogP contribution in [0.25, 0.3) is 0 Å². The third-order valence-corrected chi connectivity index (χ3v) is 4.86. The van der Waals surface area contributed by atoms with E-state index in [2.05, 4.69) is 36.0 Å². The molecule has 0 bridgehead atoms. The van der Waals surface area contributed by atoms with E-state index < -0.39 is 0 Å². The highest BCUT2D eigenvalue weighted by Gasteiger charge is 2.16. The molecule has 140 valence electrons. The molecular formula is C19H25BrN4O2. The molecule has 0 spiro atoms. The molecule has 26 heavy (non-hydrogen) atoms. The van der Waals surface area contributed by atoms with E-state index in [4.69, 9.17) is 4.74 Å². The summed E-state index contributed by atoms with van der Waals surface area (Å²) in [5.41, 5.74) is 0.543. The molecule has 0 saturated heterocycles. The van der Waals surface area contributed by atoms with Crippen molar-refractivity contribution in [1.82, 2.24) is 20.1 Å². The van der Waals surface area contributed by atoms with Gasteiger partial charge < -0.3 is 14.6 Å². The molecule has 1 amide bonds. The summed E-state index contributed by atoms with van der Waals surface area (Å²) in [6.45, 7) is 5.39. The molecule has 7 heteroatoms. The summed E-state index contributed by atoms with van der Waals surface area (Å²) < 4.78 is 8.87. The first-order valence-electron chi connectivity index (χ1n) is 9.20. The maximum Gasteiger partial charge on any atom is 0.255 e. The number of aryl methyl sites for hydroxylation is 1. The number of rotatable bonds is 6. The summed E-state index contributed by atoms with van der Waals surface area (Å²) in [5.74, 6) is 2.48. The lowest BCUT2D eigenvalue weighted by Crippen LogP contribution is -2.27. The number of nitrogens with zero attached hydrogens (tertiary/aromatic N) is 3. The lowest BCUT2D eigenvalue weighted by molar-refractivity contribution is 0.0948. The number of benzene rings is 1. The molecule has 2 aromatic rings. The Morgan fingerprint density at radius 3 is 2.96 bits per heavy atom. The van der Waals surface area contributed by atoms with Crippen LogP contribution in [0.15, 0.2) is 22.7 Å². The second kappa shape index (κ2) is 8.66. The van der Waals surface area contributed by atoms with Crippen LogP contribution >= 0.6 is 15.9 Å². The largest absolute Gasteiger partial charge is 0.490 e. The Bertz CT molecular complexity index is 773. The molecular weight excluding hydrogens is 396 g/mol. The zero-order valence-electron chi connectivity index (χ0n) is 15.3. The number of carbonyl (C=O) groups excluding carboxylic acids is 1. The first-order valence-corrected chi connectivity index (χ1v) is 9.99. The van der Waals surface area contributed by atoms with Gasteiger partial charge in [0.25, 0.3) is 5.91 Å². The van der Waals surface area contributed by atoms with Gasteiger partial charge in [0.15, 0.2) is 0 Å². The van der Waals surface area contributed by atoms with Crippen LogP contribution in [0.3, 0.4) is 0 Å². The minimum absolute atomic E-state index is 0.00213. The average Bonchev–Trinajstić information content (AvgIpc) is 2.82. The fraction of sp³-hybridized carbons (Fsp3) is 0.526. The van der Waals surface area contributed by atoms with Gasteiger partial charge in [-0.15, -0.1) is 10.2 Å². The van der Waals surface area contributed by atoms with Gasteiger partial charge in [0.2, 0.25) is 0 Å². The normalized spacial score (nSPS) is 14.0. The van der Waals surface area contributed by atoms with Gasteiger partial charge in [0, 0.05) is 30.4 Å². The highest BCUT2D eigenvalue weighted by molar-refractivity contribution is 9.10. The maximum absolute atomic E-state index is 12.6. The minimum Gasteiger partial charge on any atom is -0.490 e. The quantitative estimate of drug-likeness (QED) is 0.775. The number of hydrogen-bond acceptors (Lipinski definition) is 4. The fourth-order valence-corrected chi connectivity index (χ4v) is 3.49. The van der Waals surface area contributed by atoms with Crippen molar-refractivity contribution >= 4 is 21.8 Å². The van der Waals surface area contributed by atoms with E-state index in [1.807, 2.05) is 26.0 Å². The molecule has 1 aromatic carbocycles. The van der Waals surface area contributed by atoms with Gasteiger partial charge >= 0.3 is 0 Å². The average molecular weight is 421 g/mol. The van der Waals surface area contributed by atoms with Crippen LogP contribution in [0, 0.1) is 0 Å². The van der Waals surface area contributed by atoms with Crippen molar-refractivity contribution in [3.8, 4) is 5.75 Å². The van der Waals surface area contributed by atoms with E-state index in [-0.39, 0.29) is 12.0 Å². The monoisotopic (exact) mass is 420 g/mol. The number of nitrogens with one attached hydrogen (secondary N) is 1. The Hall–Kier alpha value is -1.89. The molecule has 0 radical (unpaired) electrons. The van der Waals surface area contributed by atoms with Crippen molar-refractivity contribution in [1.29, 1.82) is 0 Å². The Labute approximate surface area is 162 Å². The number of aromatic nitrogens is 3. The summed E-state index contributed by atoms with van der Waals surface area (Å²) in [6, 6.07) is 5.45. The topological polar surface area (TPSA) is 69.0 Å². The van der Waals surface area contributed by atoms with E-state index >= 15 is 0 Å². The van der Waals surface area contributed by atoms with Gasteiger partial charge in [-0.25, -0.2) is 0 Å². The van der Waals surface area contributed by atoms with Crippen molar-refractivity contribution < 1.29 is 9.53 Å². The number of ether oxygens (including phenoxy) is 1. The molecule has 0 aliphatic carbocycles. The van der Waals surface area contributed by atoms with Crippen molar-refractivity contribution in [2.45, 2.75) is 58.6 Å². The van der Waals surface area contributed by atoms with Crippen molar-refractivity contribution in [2.75, 3.05) is 6.54 Å². The lowest BCUT2D eigenvalue weighted by atomic mass is 10.2. The predicted octanol–water partition coefficient (Wildman–Crippen LogP) is 3.53. The van der Waals surface area contributed by atoms with Crippen LogP contribution in [-0.4, -0.2) is 33.3 Å². The third-order valence-electron chi connectivity index (χ3n) is 4.37. The number of carbonyl (C=O) groups is 1. The zero-order chi connectivity index (χ0) is 18.5. The van der Waals surface area contributed by atoms with Gasteiger partial charge in [-0.1, -0.05) is 22.4 Å². The van der Waals surface area contributed by atoms with Gasteiger partial charge in [0.05, 0.1) is 11.7 Å². The molecule has 1 aliphatic heterocycles. The number of amides is 1. The summed E-state index contributed by atoms with van der Waals surface area (Å²) in [6.07, 6.45) is 5.25.